The number of fused-ring (bicyclic) bond motifs is 1. The van der Waals surface area contributed by atoms with Gasteiger partial charge in [0.1, 0.15) is 6.04 Å². The fourth-order valence-electron chi connectivity index (χ4n) is 4.38. The monoisotopic (exact) mass is 434 g/mol. The number of nitrogens with zero attached hydrogens (tertiary/aromatic N) is 3. The Morgan fingerprint density at radius 2 is 2.03 bits per heavy atom. The normalized spacial score (nSPS) is 20.9. The summed E-state index contributed by atoms with van der Waals surface area (Å²) in [5.74, 6) is -0.258. The lowest BCUT2D eigenvalue weighted by Gasteiger charge is -2.29. The zero-order valence-electron chi connectivity index (χ0n) is 19.1. The van der Waals surface area contributed by atoms with Crippen molar-refractivity contribution in [2.75, 3.05) is 18.6 Å². The molecule has 7 heteroatoms. The first-order chi connectivity index (χ1) is 15.3. The number of allylic oxidation sites excluding steroid dienone is 2. The summed E-state index contributed by atoms with van der Waals surface area (Å²) in [5, 5.41) is 7.40. The number of aryl methyl sites for hydroxylation is 3. The maximum absolute atomic E-state index is 13.0. The van der Waals surface area contributed by atoms with E-state index in [1.165, 1.54) is 0 Å². The molecule has 1 aliphatic heterocycles. The van der Waals surface area contributed by atoms with E-state index in [1.807, 2.05) is 54.9 Å². The molecule has 4 rings (SSSR count). The average Bonchev–Trinajstić information content (AvgIpc) is 3.30. The van der Waals surface area contributed by atoms with Gasteiger partial charge in [0.05, 0.1) is 18.9 Å². The van der Waals surface area contributed by atoms with E-state index in [4.69, 9.17) is 4.74 Å². The Hall–Kier alpha value is -3.19. The number of carbonyl (C=O) groups excluding carboxylic acids is 2. The van der Waals surface area contributed by atoms with Crippen molar-refractivity contribution in [3.8, 4) is 0 Å². The number of hydrogen-bond acceptors (Lipinski definition) is 4. The van der Waals surface area contributed by atoms with Crippen LogP contribution in [0.25, 0.3) is 0 Å². The van der Waals surface area contributed by atoms with Crippen LogP contribution < -0.4 is 10.2 Å². The highest BCUT2D eigenvalue weighted by Crippen LogP contribution is 2.28. The van der Waals surface area contributed by atoms with Gasteiger partial charge < -0.3 is 15.0 Å². The SMILES string of the molecule is CC1=CC(C(=O)NC2COCc3ccccc3N(C)C2=O)=CC1CCn1nc(C)cc1C. The number of aromatic nitrogens is 2. The van der Waals surface area contributed by atoms with Crippen LogP contribution >= 0.6 is 0 Å². The summed E-state index contributed by atoms with van der Waals surface area (Å²) in [4.78, 5) is 27.6. The number of carbonyl (C=O) groups is 2. The van der Waals surface area contributed by atoms with Gasteiger partial charge >= 0.3 is 0 Å². The van der Waals surface area contributed by atoms with Crippen LogP contribution in [0.2, 0.25) is 0 Å². The van der Waals surface area contributed by atoms with E-state index >= 15 is 0 Å². The molecule has 0 saturated carbocycles. The zero-order valence-corrected chi connectivity index (χ0v) is 19.1. The summed E-state index contributed by atoms with van der Waals surface area (Å²) in [5.41, 5.74) is 5.64. The molecule has 0 radical (unpaired) electrons. The van der Waals surface area contributed by atoms with Crippen LogP contribution in [0.3, 0.4) is 0 Å². The summed E-state index contributed by atoms with van der Waals surface area (Å²) < 4.78 is 7.74. The van der Waals surface area contributed by atoms with Crippen molar-refractivity contribution in [1.82, 2.24) is 15.1 Å². The number of nitrogens with one attached hydrogen (secondary N) is 1. The Balaban J connectivity index is 1.41. The van der Waals surface area contributed by atoms with Crippen molar-refractivity contribution in [1.29, 1.82) is 0 Å². The number of para-hydroxylation sites is 1. The standard InChI is InChI=1S/C25H30N4O3/c1-16-11-21(13-19(16)9-10-29-18(3)12-17(2)27-29)24(30)26-22-15-32-14-20-7-5-6-8-23(20)28(4)25(22)31/h5-8,11-13,19,22H,9-10,14-15H2,1-4H3,(H,26,30). The highest BCUT2D eigenvalue weighted by atomic mass is 16.5. The average molecular weight is 435 g/mol. The molecule has 0 fully saturated rings. The first-order valence-corrected chi connectivity index (χ1v) is 11.0. The Morgan fingerprint density at radius 3 is 2.78 bits per heavy atom. The lowest BCUT2D eigenvalue weighted by Crippen LogP contribution is -2.51. The highest BCUT2D eigenvalue weighted by molar-refractivity contribution is 6.03. The Labute approximate surface area is 188 Å². The number of hydrogen-bond donors (Lipinski definition) is 1. The number of amides is 2. The second-order valence-electron chi connectivity index (χ2n) is 8.62. The molecule has 168 valence electrons. The molecule has 2 aliphatic rings. The fourth-order valence-corrected chi connectivity index (χ4v) is 4.38. The van der Waals surface area contributed by atoms with Crippen molar-refractivity contribution < 1.29 is 14.3 Å². The highest BCUT2D eigenvalue weighted by Gasteiger charge is 2.30. The van der Waals surface area contributed by atoms with Crippen LogP contribution in [0.1, 0.15) is 30.3 Å². The molecule has 2 unspecified atom stereocenters. The number of ether oxygens (including phenoxy) is 1. The summed E-state index contributed by atoms with van der Waals surface area (Å²) >= 11 is 0. The first kappa shape index (κ1) is 22.0. The fraction of sp³-hybridized carbons (Fsp3) is 0.400. The van der Waals surface area contributed by atoms with Crippen molar-refractivity contribution in [3.63, 3.8) is 0 Å². The van der Waals surface area contributed by atoms with E-state index in [-0.39, 0.29) is 24.3 Å². The minimum absolute atomic E-state index is 0.139. The summed E-state index contributed by atoms with van der Waals surface area (Å²) in [7, 11) is 1.74. The smallest absolute Gasteiger partial charge is 0.251 e. The van der Waals surface area contributed by atoms with Crippen molar-refractivity contribution in [2.24, 2.45) is 5.92 Å². The summed E-state index contributed by atoms with van der Waals surface area (Å²) in [6.07, 6.45) is 4.77. The van der Waals surface area contributed by atoms with Gasteiger partial charge in [0.2, 0.25) is 0 Å². The molecule has 2 amide bonds. The molecule has 0 spiro atoms. The third-order valence-electron chi connectivity index (χ3n) is 6.20. The molecule has 7 nitrogen and oxygen atoms in total. The van der Waals surface area contributed by atoms with Crippen molar-refractivity contribution >= 4 is 17.5 Å². The molecule has 1 aliphatic carbocycles. The summed E-state index contributed by atoms with van der Waals surface area (Å²) in [6, 6.07) is 8.98. The number of benzene rings is 1. The van der Waals surface area contributed by atoms with E-state index in [1.54, 1.807) is 11.9 Å². The predicted octanol–water partition coefficient (Wildman–Crippen LogP) is 3.07. The molecule has 1 aromatic heterocycles. The van der Waals surface area contributed by atoms with Gasteiger partial charge in [0.25, 0.3) is 11.8 Å². The largest absolute Gasteiger partial charge is 0.374 e. The number of anilines is 1. The van der Waals surface area contributed by atoms with Gasteiger partial charge in [-0.2, -0.15) is 5.10 Å². The lowest BCUT2D eigenvalue weighted by molar-refractivity contribution is -0.127. The van der Waals surface area contributed by atoms with Crippen molar-refractivity contribution in [3.05, 3.63) is 70.6 Å². The minimum atomic E-state index is -0.732. The molecule has 2 heterocycles. The third-order valence-corrected chi connectivity index (χ3v) is 6.20. The topological polar surface area (TPSA) is 76.5 Å². The van der Waals surface area contributed by atoms with Gasteiger partial charge in [-0.3, -0.25) is 14.3 Å². The predicted molar refractivity (Wildman–Crippen MR) is 123 cm³/mol. The quantitative estimate of drug-likeness (QED) is 0.785. The first-order valence-electron chi connectivity index (χ1n) is 11.0. The Bertz CT molecular complexity index is 1100. The molecular weight excluding hydrogens is 404 g/mol. The van der Waals surface area contributed by atoms with Crippen molar-refractivity contribution in [2.45, 2.75) is 46.4 Å². The van der Waals surface area contributed by atoms with Gasteiger partial charge in [-0.05, 0) is 39.3 Å². The van der Waals surface area contributed by atoms with Gasteiger partial charge in [0.15, 0.2) is 0 Å². The van der Waals surface area contributed by atoms with E-state index in [9.17, 15) is 9.59 Å². The number of rotatable bonds is 5. The van der Waals surface area contributed by atoms with Gasteiger partial charge in [-0.1, -0.05) is 35.9 Å². The van der Waals surface area contributed by atoms with E-state index in [0.717, 1.165) is 41.2 Å². The van der Waals surface area contributed by atoms with Crippen LogP contribution in [0, 0.1) is 19.8 Å². The van der Waals surface area contributed by atoms with Gasteiger partial charge in [-0.15, -0.1) is 0 Å². The maximum atomic E-state index is 13.0. The van der Waals surface area contributed by atoms with Gasteiger partial charge in [0, 0.05) is 42.0 Å². The molecule has 2 aromatic rings. The van der Waals surface area contributed by atoms with Crippen LogP contribution in [0.4, 0.5) is 5.69 Å². The molecule has 32 heavy (non-hydrogen) atoms. The second kappa shape index (κ2) is 9.12. The number of likely N-dealkylation sites (N-methyl/N-ethyl adjacent to an activating group) is 1. The second-order valence-corrected chi connectivity index (χ2v) is 8.62. The lowest BCUT2D eigenvalue weighted by atomic mass is 10.0. The summed E-state index contributed by atoms with van der Waals surface area (Å²) in [6.45, 7) is 7.41. The van der Waals surface area contributed by atoms with Crippen LogP contribution in [0.5, 0.6) is 0 Å². The van der Waals surface area contributed by atoms with E-state index in [2.05, 4.69) is 23.4 Å². The zero-order chi connectivity index (χ0) is 22.8. The van der Waals surface area contributed by atoms with E-state index < -0.39 is 6.04 Å². The molecule has 2 atom stereocenters. The van der Waals surface area contributed by atoms with Crippen LogP contribution in [-0.4, -0.2) is 41.3 Å². The van der Waals surface area contributed by atoms with Crippen LogP contribution in [-0.2, 0) is 27.5 Å². The van der Waals surface area contributed by atoms with Gasteiger partial charge in [-0.25, -0.2) is 0 Å². The Kier molecular flexibility index (Phi) is 6.28. The van der Waals surface area contributed by atoms with E-state index in [0.29, 0.717) is 12.2 Å². The molecule has 0 bridgehead atoms. The molecule has 0 saturated heterocycles. The Morgan fingerprint density at radius 1 is 1.25 bits per heavy atom. The minimum Gasteiger partial charge on any atom is -0.374 e. The molecule has 1 aromatic carbocycles. The van der Waals surface area contributed by atoms with Crippen LogP contribution in [0.15, 0.2) is 53.6 Å². The maximum Gasteiger partial charge on any atom is 0.251 e. The molecule has 1 N–H and O–H groups in total. The molecular formula is C25H30N4O3. The third kappa shape index (κ3) is 4.53.